The lowest BCUT2D eigenvalue weighted by Crippen LogP contribution is -2.23. The topological polar surface area (TPSA) is 218 Å². The summed E-state index contributed by atoms with van der Waals surface area (Å²) < 4.78 is 77.1. The first kappa shape index (κ1) is 22.4. The molecule has 0 amide bonds. The molecule has 0 aromatic heterocycles. The van der Waals surface area contributed by atoms with Gasteiger partial charge in [0, 0.05) is 22.1 Å². The second-order valence-corrected chi connectivity index (χ2v) is 9.53. The van der Waals surface area contributed by atoms with Gasteiger partial charge in [-0.2, -0.15) is 0 Å². The summed E-state index contributed by atoms with van der Waals surface area (Å²) in [4.78, 5) is 9.60. The highest BCUT2D eigenvalue weighted by molar-refractivity contribution is 7.86. The molecule has 0 fully saturated rings. The van der Waals surface area contributed by atoms with Crippen LogP contribution in [0.4, 0.5) is 5.69 Å². The van der Waals surface area contributed by atoms with Crippen molar-refractivity contribution in [3.8, 4) is 22.5 Å². The van der Waals surface area contributed by atoms with Crippen LogP contribution >= 0.6 is 0 Å². The molecule has 11 nitrogen and oxygen atoms in total. The number of benzene rings is 3. The van der Waals surface area contributed by atoms with Gasteiger partial charge in [-0.1, -0.05) is 24.3 Å². The van der Waals surface area contributed by atoms with E-state index in [4.69, 9.17) is 15.6 Å². The number of carboxylic acid groups (broad SMARTS) is 1. The quantitative estimate of drug-likeness (QED) is 0.230. The highest BCUT2D eigenvalue weighted by Gasteiger charge is 2.27. The molecule has 1 heterocycles. The van der Waals surface area contributed by atoms with Crippen molar-refractivity contribution in [1.82, 2.24) is 0 Å². The average molecular weight is 487 g/mol. The van der Waals surface area contributed by atoms with E-state index in [1.807, 2.05) is 0 Å². The van der Waals surface area contributed by atoms with Crippen molar-refractivity contribution in [1.29, 1.82) is 5.41 Å². The van der Waals surface area contributed by atoms with Crippen molar-refractivity contribution in [3.63, 3.8) is 0 Å². The summed E-state index contributed by atoms with van der Waals surface area (Å²) in [5.41, 5.74) is 3.87. The number of hydrogen-bond acceptors (Lipinski definition) is 11. The predicted molar refractivity (Wildman–Crippen MR) is 109 cm³/mol. The van der Waals surface area contributed by atoms with Crippen molar-refractivity contribution < 1.29 is 40.3 Å². The van der Waals surface area contributed by atoms with Crippen LogP contribution in [0.2, 0.25) is 0 Å². The number of carbonyl (C=O) groups is 1. The van der Waals surface area contributed by atoms with Crippen molar-refractivity contribution in [2.45, 2.75) is 9.79 Å². The fraction of sp³-hybridized carbons (Fsp3) is 0. The summed E-state index contributed by atoms with van der Waals surface area (Å²) in [7, 11) is -10.6. The maximum absolute atomic E-state index is 12.0. The second kappa shape index (κ2) is 7.38. The summed E-state index contributed by atoms with van der Waals surface area (Å²) in [5, 5.41) is 18.8. The summed E-state index contributed by atoms with van der Waals surface area (Å²) in [6.45, 7) is 0. The minimum absolute atomic E-state index is 0.0469. The van der Waals surface area contributed by atoms with Crippen molar-refractivity contribution in [2.75, 3.05) is 5.73 Å². The first-order chi connectivity index (χ1) is 15.3. The Kier molecular flexibility index (Phi) is 5.01. The van der Waals surface area contributed by atoms with Gasteiger partial charge in [0.05, 0.1) is 17.0 Å². The van der Waals surface area contributed by atoms with Crippen LogP contribution in [0.1, 0.15) is 10.4 Å². The van der Waals surface area contributed by atoms with Gasteiger partial charge < -0.3 is 29.2 Å². The van der Waals surface area contributed by atoms with Gasteiger partial charge in [0.15, 0.2) is 11.3 Å². The summed E-state index contributed by atoms with van der Waals surface area (Å²) in [6.07, 6.45) is 0. The third-order valence-electron chi connectivity index (χ3n) is 4.91. The Morgan fingerprint density at radius 3 is 2.12 bits per heavy atom. The highest BCUT2D eigenvalue weighted by atomic mass is 32.2. The van der Waals surface area contributed by atoms with Crippen LogP contribution in [0.5, 0.6) is 0 Å². The first-order valence-corrected chi connectivity index (χ1v) is 11.7. The van der Waals surface area contributed by atoms with E-state index >= 15 is 0 Å². The smallest absolute Gasteiger partial charge is 0.155 e. The monoisotopic (exact) mass is 487 g/mol. The molecule has 0 unspecified atom stereocenters. The largest absolute Gasteiger partial charge is 0.744 e. The first-order valence-electron chi connectivity index (χ1n) is 8.91. The van der Waals surface area contributed by atoms with E-state index in [-0.39, 0.29) is 27.6 Å². The Morgan fingerprint density at radius 1 is 0.879 bits per heavy atom. The van der Waals surface area contributed by atoms with Gasteiger partial charge in [-0.25, -0.2) is 16.8 Å². The standard InChI is InChI=1S/C20H14N2O9S2/c21-13-7-5-11-15(9-3-1-2-4-10(9)20(23)24)12-6-8-14(22)19(33(28,29)30)17(12)31-16(11)18(13)32(25,26)27/h1-8,21H,22H2,(H,23,24)(H,25,26,27)(H,28,29,30)/p-3. The fourth-order valence-corrected chi connectivity index (χ4v) is 5.11. The lowest BCUT2D eigenvalue weighted by atomic mass is 9.90. The maximum Gasteiger partial charge on any atom is 0.155 e. The molecule has 2 aromatic rings. The molecule has 0 spiro atoms. The zero-order valence-corrected chi connectivity index (χ0v) is 17.8. The van der Waals surface area contributed by atoms with Crippen LogP contribution in [0.25, 0.3) is 33.4 Å². The molecule has 3 N–H and O–H groups in total. The van der Waals surface area contributed by atoms with Crippen LogP contribution in [0.3, 0.4) is 0 Å². The molecule has 1 aliphatic heterocycles. The third kappa shape index (κ3) is 3.62. The summed E-state index contributed by atoms with van der Waals surface area (Å²) in [6, 6.07) is 9.91. The van der Waals surface area contributed by atoms with Gasteiger partial charge in [-0.15, -0.1) is 0 Å². The SMILES string of the molecule is N=c1ccc2c(-c3ccccc3C(=O)[O-])c3ccc(N)c(S(=O)(=O)[O-])c3oc-2c1S(=O)(=O)[O-]. The van der Waals surface area contributed by atoms with E-state index in [0.717, 1.165) is 12.1 Å². The van der Waals surface area contributed by atoms with Crippen LogP contribution < -0.4 is 16.2 Å². The average Bonchev–Trinajstić information content (AvgIpc) is 2.69. The molecule has 4 rings (SSSR count). The zero-order chi connectivity index (χ0) is 24.3. The third-order valence-corrected chi connectivity index (χ3v) is 6.74. The van der Waals surface area contributed by atoms with Gasteiger partial charge in [0.25, 0.3) is 0 Å². The number of anilines is 1. The number of hydrogen-bond donors (Lipinski definition) is 2. The minimum atomic E-state index is -5.33. The van der Waals surface area contributed by atoms with E-state index < -0.39 is 58.4 Å². The van der Waals surface area contributed by atoms with E-state index in [0.29, 0.717) is 0 Å². The molecule has 1 aliphatic carbocycles. The predicted octanol–water partition coefficient (Wildman–Crippen LogP) is 0.438. The lowest BCUT2D eigenvalue weighted by Gasteiger charge is -2.22. The molecular weight excluding hydrogens is 476 g/mol. The van der Waals surface area contributed by atoms with Crippen LogP contribution in [0.15, 0.2) is 62.7 Å². The van der Waals surface area contributed by atoms with Crippen LogP contribution in [0, 0.1) is 5.41 Å². The Morgan fingerprint density at radius 2 is 1.52 bits per heavy atom. The molecule has 33 heavy (non-hydrogen) atoms. The Balaban J connectivity index is 2.40. The van der Waals surface area contributed by atoms with Crippen molar-refractivity contribution in [2.24, 2.45) is 0 Å². The molecule has 0 saturated carbocycles. The number of nitrogens with two attached hydrogens (primary N) is 1. The van der Waals surface area contributed by atoms with E-state index in [2.05, 4.69) is 0 Å². The van der Waals surface area contributed by atoms with Gasteiger partial charge in [-0.3, -0.25) is 5.41 Å². The Bertz CT molecular complexity index is 1720. The molecule has 0 atom stereocenters. The number of carbonyl (C=O) groups excluding carboxylic acids is 1. The van der Waals surface area contributed by atoms with E-state index in [1.54, 1.807) is 0 Å². The zero-order valence-electron chi connectivity index (χ0n) is 16.2. The normalized spacial score (nSPS) is 12.3. The fourth-order valence-electron chi connectivity index (χ4n) is 3.66. The van der Waals surface area contributed by atoms with E-state index in [9.17, 15) is 35.8 Å². The molecule has 2 aliphatic rings. The van der Waals surface area contributed by atoms with Crippen molar-refractivity contribution in [3.05, 3.63) is 59.5 Å². The highest BCUT2D eigenvalue weighted by Crippen LogP contribution is 2.45. The number of nitrogens with one attached hydrogen (secondary N) is 1. The second-order valence-electron chi connectivity index (χ2n) is 6.90. The van der Waals surface area contributed by atoms with Crippen molar-refractivity contribution >= 4 is 42.9 Å². The van der Waals surface area contributed by atoms with Crippen LogP contribution in [-0.4, -0.2) is 31.9 Å². The maximum atomic E-state index is 12.0. The molecule has 2 aromatic carbocycles. The Hall–Kier alpha value is -3.78. The molecular formula is C20H11N2O9S2-3. The number of fused-ring (bicyclic) bond motifs is 2. The van der Waals surface area contributed by atoms with Gasteiger partial charge in [0.1, 0.15) is 30.0 Å². The Labute approximate surface area is 186 Å². The van der Waals surface area contributed by atoms with Gasteiger partial charge in [-0.05, 0) is 29.8 Å². The molecule has 170 valence electrons. The lowest BCUT2D eigenvalue weighted by molar-refractivity contribution is -0.254. The van der Waals surface area contributed by atoms with E-state index in [1.165, 1.54) is 36.4 Å². The molecule has 0 saturated heterocycles. The number of aromatic carboxylic acids is 1. The minimum Gasteiger partial charge on any atom is -0.744 e. The summed E-state index contributed by atoms with van der Waals surface area (Å²) in [5.74, 6) is -2.34. The van der Waals surface area contributed by atoms with Gasteiger partial charge in [0.2, 0.25) is 0 Å². The van der Waals surface area contributed by atoms with Gasteiger partial charge >= 0.3 is 0 Å². The molecule has 13 heteroatoms. The van der Waals surface area contributed by atoms with Crippen LogP contribution in [-0.2, 0) is 20.2 Å². The summed E-state index contributed by atoms with van der Waals surface area (Å²) >= 11 is 0. The number of nitrogen functional groups attached to an aromatic ring is 1. The molecule has 0 bridgehead atoms. The molecule has 0 radical (unpaired) electrons. The number of carboxylic acids is 1. The number of rotatable bonds is 4.